The van der Waals surface area contributed by atoms with E-state index in [9.17, 15) is 14.4 Å². The van der Waals surface area contributed by atoms with Gasteiger partial charge in [0, 0.05) is 6.07 Å². The lowest BCUT2D eigenvalue weighted by Gasteiger charge is -2.13. The highest BCUT2D eigenvalue weighted by Crippen LogP contribution is 2.26. The van der Waals surface area contributed by atoms with E-state index < -0.39 is 17.4 Å². The van der Waals surface area contributed by atoms with Crippen LogP contribution in [0.5, 0.6) is 5.75 Å². The first-order valence-electron chi connectivity index (χ1n) is 9.31. The van der Waals surface area contributed by atoms with E-state index in [4.69, 9.17) is 10.5 Å². The normalized spacial score (nSPS) is 12.8. The van der Waals surface area contributed by atoms with Gasteiger partial charge in [-0.3, -0.25) is 24.3 Å². The molecule has 2 aromatic heterocycles. The average molecular weight is 416 g/mol. The third kappa shape index (κ3) is 2.76. The van der Waals surface area contributed by atoms with Gasteiger partial charge in [-0.25, -0.2) is 0 Å². The van der Waals surface area contributed by atoms with Crippen LogP contribution in [0, 0.1) is 6.92 Å². The summed E-state index contributed by atoms with van der Waals surface area (Å²) in [6.45, 7) is 1.80. The molecule has 0 bridgehead atoms. The number of aryl methyl sites for hydroxylation is 1. The van der Waals surface area contributed by atoms with Gasteiger partial charge in [0.05, 0.1) is 29.6 Å². The van der Waals surface area contributed by atoms with Gasteiger partial charge in [-0.1, -0.05) is 0 Å². The molecule has 1 aliphatic rings. The molecule has 4 aromatic rings. The van der Waals surface area contributed by atoms with E-state index in [2.05, 4.69) is 15.5 Å². The van der Waals surface area contributed by atoms with E-state index in [1.54, 1.807) is 38.3 Å². The Labute approximate surface area is 174 Å². The Morgan fingerprint density at radius 1 is 0.968 bits per heavy atom. The van der Waals surface area contributed by atoms with Gasteiger partial charge in [-0.15, -0.1) is 10.2 Å². The topological polar surface area (TPSA) is 134 Å². The van der Waals surface area contributed by atoms with Crippen molar-refractivity contribution in [1.82, 2.24) is 24.9 Å². The third-order valence-electron chi connectivity index (χ3n) is 5.20. The minimum absolute atomic E-state index is 0.00835. The Bertz CT molecular complexity index is 1470. The van der Waals surface area contributed by atoms with Crippen molar-refractivity contribution in [3.63, 3.8) is 0 Å². The highest BCUT2D eigenvalue weighted by atomic mass is 16.5. The molecule has 2 amide bonds. The number of fused-ring (bicyclic) bond motifs is 2. The second kappa shape index (κ2) is 6.52. The lowest BCUT2D eigenvalue weighted by Crippen LogP contribution is -2.24. The zero-order valence-electron chi connectivity index (χ0n) is 16.5. The maximum atomic E-state index is 12.8. The van der Waals surface area contributed by atoms with Crippen molar-refractivity contribution in [3.8, 4) is 17.1 Å². The molecule has 0 unspecified atom stereocenters. The van der Waals surface area contributed by atoms with Crippen molar-refractivity contribution in [2.75, 3.05) is 12.8 Å². The Hall–Kier alpha value is -4.47. The Kier molecular flexibility index (Phi) is 3.90. The predicted octanol–water partition coefficient (Wildman–Crippen LogP) is 1.35. The van der Waals surface area contributed by atoms with Crippen LogP contribution in [-0.2, 0) is 0 Å². The molecule has 0 saturated carbocycles. The summed E-state index contributed by atoms with van der Waals surface area (Å²) in [6.07, 6.45) is 0. The molecular weight excluding hydrogens is 400 g/mol. The smallest absolute Gasteiger partial charge is 0.262 e. The summed E-state index contributed by atoms with van der Waals surface area (Å²) in [4.78, 5) is 38.3. The molecule has 0 spiro atoms. The number of hydrogen-bond acceptors (Lipinski definition) is 7. The number of methoxy groups -OCH3 is 1. The number of carbonyl (C=O) groups excluding carboxylic acids is 2. The van der Waals surface area contributed by atoms with Crippen molar-refractivity contribution >= 4 is 28.7 Å². The van der Waals surface area contributed by atoms with Gasteiger partial charge in [0.15, 0.2) is 0 Å². The first-order valence-corrected chi connectivity index (χ1v) is 9.31. The molecule has 0 aliphatic carbocycles. The van der Waals surface area contributed by atoms with Crippen LogP contribution < -0.4 is 21.3 Å². The second-order valence-corrected chi connectivity index (χ2v) is 7.09. The van der Waals surface area contributed by atoms with Crippen molar-refractivity contribution in [2.24, 2.45) is 0 Å². The lowest BCUT2D eigenvalue weighted by atomic mass is 10.1. The number of pyridine rings is 1. The molecule has 10 heteroatoms. The molecule has 0 radical (unpaired) electrons. The Morgan fingerprint density at radius 2 is 1.65 bits per heavy atom. The van der Waals surface area contributed by atoms with E-state index in [-0.39, 0.29) is 16.9 Å². The summed E-state index contributed by atoms with van der Waals surface area (Å²) in [5.74, 6) is -0.649. The van der Waals surface area contributed by atoms with Gasteiger partial charge in [0.25, 0.3) is 17.4 Å². The highest BCUT2D eigenvalue weighted by Gasteiger charge is 2.32. The number of hydrogen-bond donors (Lipinski definition) is 2. The maximum Gasteiger partial charge on any atom is 0.262 e. The van der Waals surface area contributed by atoms with Gasteiger partial charge in [-0.2, -0.15) is 4.80 Å². The van der Waals surface area contributed by atoms with Crippen molar-refractivity contribution in [2.45, 2.75) is 6.92 Å². The summed E-state index contributed by atoms with van der Waals surface area (Å²) in [5.41, 5.74) is 8.65. The van der Waals surface area contributed by atoms with E-state index >= 15 is 0 Å². The number of rotatable bonds is 3. The summed E-state index contributed by atoms with van der Waals surface area (Å²) in [6, 6.07) is 11.8. The molecule has 2 aromatic carbocycles. The van der Waals surface area contributed by atoms with Crippen molar-refractivity contribution in [3.05, 3.63) is 69.5 Å². The maximum absolute atomic E-state index is 12.8. The first kappa shape index (κ1) is 18.6. The van der Waals surface area contributed by atoms with Gasteiger partial charge >= 0.3 is 0 Å². The number of anilines is 1. The summed E-state index contributed by atoms with van der Waals surface area (Å²) >= 11 is 0. The van der Waals surface area contributed by atoms with Crippen molar-refractivity contribution in [1.29, 1.82) is 0 Å². The Morgan fingerprint density at radius 3 is 2.32 bits per heavy atom. The molecule has 10 nitrogen and oxygen atoms in total. The number of aromatic nitrogens is 4. The monoisotopic (exact) mass is 416 g/mol. The third-order valence-corrected chi connectivity index (χ3v) is 5.20. The SMILES string of the molecule is COc1ccc(-n2nc3cc(C)c(-n4c(N)c5c(cc4=O)C(=O)NC5=O)cc3n2)cc1. The number of ether oxygens (including phenoxy) is 1. The minimum atomic E-state index is -0.634. The molecule has 0 atom stereocenters. The number of nitrogens with one attached hydrogen (secondary N) is 1. The van der Waals surface area contributed by atoms with Crippen molar-refractivity contribution < 1.29 is 14.3 Å². The predicted molar refractivity (Wildman–Crippen MR) is 112 cm³/mol. The van der Waals surface area contributed by atoms with Gasteiger partial charge < -0.3 is 10.5 Å². The number of nitrogens with zero attached hydrogens (tertiary/aromatic N) is 4. The molecule has 3 heterocycles. The molecular formula is C21H16N6O4. The number of nitrogens with two attached hydrogens (primary N) is 1. The van der Waals surface area contributed by atoms with Crippen LogP contribution in [0.1, 0.15) is 26.3 Å². The van der Waals surface area contributed by atoms with Gasteiger partial charge in [-0.05, 0) is 48.9 Å². The van der Waals surface area contributed by atoms with Crippen LogP contribution in [0.2, 0.25) is 0 Å². The number of carbonyl (C=O) groups is 2. The van der Waals surface area contributed by atoms with E-state index in [1.807, 2.05) is 12.1 Å². The molecule has 1 aliphatic heterocycles. The number of nitrogen functional groups attached to an aromatic ring is 1. The van der Waals surface area contributed by atoms with Crippen LogP contribution in [0.3, 0.4) is 0 Å². The minimum Gasteiger partial charge on any atom is -0.497 e. The van der Waals surface area contributed by atoms with Crippen LogP contribution in [0.25, 0.3) is 22.4 Å². The largest absolute Gasteiger partial charge is 0.497 e. The number of amides is 2. The molecule has 31 heavy (non-hydrogen) atoms. The van der Waals surface area contributed by atoms with Crippen LogP contribution in [0.15, 0.2) is 47.3 Å². The quantitative estimate of drug-likeness (QED) is 0.482. The molecule has 5 rings (SSSR count). The summed E-state index contributed by atoms with van der Waals surface area (Å²) in [7, 11) is 1.59. The standard InChI is InChI=1S/C21H16N6O4/c1-10-7-14-15(25-27(24-14)11-3-5-12(31-2)6-4-11)9-16(10)26-17(28)8-13-18(19(26)22)21(30)23-20(13)29/h3-9H,22H2,1-2H3,(H,23,29,30). The van der Waals surface area contributed by atoms with Crippen LogP contribution >= 0.6 is 0 Å². The molecule has 3 N–H and O–H groups in total. The van der Waals surface area contributed by atoms with Gasteiger partial charge in [0.1, 0.15) is 22.6 Å². The van der Waals surface area contributed by atoms with E-state index in [0.717, 1.165) is 11.8 Å². The molecule has 0 fully saturated rings. The first-order chi connectivity index (χ1) is 14.9. The number of benzene rings is 2. The number of imide groups is 1. The summed E-state index contributed by atoms with van der Waals surface area (Å²) in [5, 5.41) is 11.2. The van der Waals surface area contributed by atoms with E-state index in [1.165, 1.54) is 9.36 Å². The average Bonchev–Trinajstić information content (AvgIpc) is 3.28. The second-order valence-electron chi connectivity index (χ2n) is 7.09. The zero-order chi connectivity index (χ0) is 21.9. The highest BCUT2D eigenvalue weighted by molar-refractivity contribution is 6.23. The Balaban J connectivity index is 1.67. The lowest BCUT2D eigenvalue weighted by molar-refractivity contribution is 0.0880. The fourth-order valence-corrected chi connectivity index (χ4v) is 3.66. The fourth-order valence-electron chi connectivity index (χ4n) is 3.66. The molecule has 0 saturated heterocycles. The molecule has 154 valence electrons. The zero-order valence-corrected chi connectivity index (χ0v) is 16.5. The van der Waals surface area contributed by atoms with Crippen LogP contribution in [0.4, 0.5) is 5.82 Å². The van der Waals surface area contributed by atoms with Crippen LogP contribution in [-0.4, -0.2) is 38.5 Å². The fraction of sp³-hybridized carbons (Fsp3) is 0.0952. The van der Waals surface area contributed by atoms with E-state index in [0.29, 0.717) is 28.0 Å². The summed E-state index contributed by atoms with van der Waals surface area (Å²) < 4.78 is 6.38. The van der Waals surface area contributed by atoms with Gasteiger partial charge in [0.2, 0.25) is 0 Å².